The van der Waals surface area contributed by atoms with Crippen LogP contribution in [0.5, 0.6) is 0 Å². The van der Waals surface area contributed by atoms with Crippen molar-refractivity contribution < 1.29 is 0 Å². The van der Waals surface area contributed by atoms with Gasteiger partial charge in [-0.2, -0.15) is 0 Å². The second-order valence-corrected chi connectivity index (χ2v) is 5.44. The minimum absolute atomic E-state index is 0.571. The van der Waals surface area contributed by atoms with Gasteiger partial charge in [-0.15, -0.1) is 0 Å². The monoisotopic (exact) mass is 338 g/mol. The lowest BCUT2D eigenvalue weighted by Crippen LogP contribution is -1.98. The molecule has 1 aromatic heterocycles. The molecule has 0 aliphatic rings. The van der Waals surface area contributed by atoms with Crippen LogP contribution in [0.2, 0.25) is 0 Å². The van der Waals surface area contributed by atoms with Crippen molar-refractivity contribution in [2.75, 3.05) is 0 Å². The second kappa shape index (κ2) is 6.10. The van der Waals surface area contributed by atoms with Crippen LogP contribution in [-0.4, -0.2) is 9.97 Å². The summed E-state index contributed by atoms with van der Waals surface area (Å²) in [5.41, 5.74) is 2.52. The Labute approximate surface area is 116 Å². The van der Waals surface area contributed by atoms with Crippen LogP contribution in [0.4, 0.5) is 0 Å². The Morgan fingerprint density at radius 2 is 1.94 bits per heavy atom. The Balaban J connectivity index is 1.93. The van der Waals surface area contributed by atoms with Gasteiger partial charge in [-0.1, -0.05) is 19.1 Å². The fraction of sp³-hybridized carbons (Fsp3) is 0.286. The summed E-state index contributed by atoms with van der Waals surface area (Å²) in [6, 6.07) is 10.7. The molecule has 1 unspecified atom stereocenters. The highest BCUT2D eigenvalue weighted by atomic mass is 127. The van der Waals surface area contributed by atoms with Crippen molar-refractivity contribution in [1.29, 1.82) is 0 Å². The summed E-state index contributed by atoms with van der Waals surface area (Å²) in [6.45, 7) is 2.27. The van der Waals surface area contributed by atoms with E-state index in [0.717, 1.165) is 18.5 Å². The summed E-state index contributed by atoms with van der Waals surface area (Å²) < 4.78 is 1.29. The third kappa shape index (κ3) is 3.77. The van der Waals surface area contributed by atoms with Crippen molar-refractivity contribution in [3.63, 3.8) is 0 Å². The average Bonchev–Trinajstić information content (AvgIpc) is 2.38. The zero-order valence-electron chi connectivity index (χ0n) is 9.81. The summed E-state index contributed by atoms with van der Waals surface area (Å²) in [7, 11) is 0. The number of benzene rings is 1. The van der Waals surface area contributed by atoms with E-state index < -0.39 is 0 Å². The minimum Gasteiger partial charge on any atom is -0.245 e. The lowest BCUT2D eigenvalue weighted by molar-refractivity contribution is 0.669. The summed E-state index contributed by atoms with van der Waals surface area (Å²) in [6.07, 6.45) is 5.55. The van der Waals surface area contributed by atoms with Crippen LogP contribution in [-0.2, 0) is 6.42 Å². The van der Waals surface area contributed by atoms with Crippen molar-refractivity contribution in [2.45, 2.75) is 25.7 Å². The van der Waals surface area contributed by atoms with E-state index in [-0.39, 0.29) is 0 Å². The van der Waals surface area contributed by atoms with Crippen molar-refractivity contribution in [3.05, 3.63) is 57.7 Å². The maximum absolute atomic E-state index is 4.25. The molecule has 0 bridgehead atoms. The summed E-state index contributed by atoms with van der Waals surface area (Å²) >= 11 is 2.33. The predicted molar refractivity (Wildman–Crippen MR) is 77.9 cm³/mol. The third-order valence-corrected chi connectivity index (χ3v) is 3.63. The molecule has 2 rings (SSSR count). The van der Waals surface area contributed by atoms with Crippen LogP contribution < -0.4 is 0 Å². The first-order valence-electron chi connectivity index (χ1n) is 5.76. The van der Waals surface area contributed by atoms with Gasteiger partial charge in [0.1, 0.15) is 6.33 Å². The molecule has 0 fully saturated rings. The predicted octanol–water partition coefficient (Wildman–Crippen LogP) is 3.82. The van der Waals surface area contributed by atoms with Crippen molar-refractivity contribution >= 4 is 22.6 Å². The Morgan fingerprint density at radius 3 is 2.59 bits per heavy atom. The van der Waals surface area contributed by atoms with Crippen molar-refractivity contribution in [3.8, 4) is 0 Å². The molecule has 0 saturated carbocycles. The Kier molecular flexibility index (Phi) is 4.48. The number of aromatic nitrogens is 2. The zero-order valence-corrected chi connectivity index (χ0v) is 12.0. The van der Waals surface area contributed by atoms with Crippen LogP contribution in [0.1, 0.15) is 30.5 Å². The van der Waals surface area contributed by atoms with E-state index in [1.165, 1.54) is 9.13 Å². The highest BCUT2D eigenvalue weighted by molar-refractivity contribution is 14.1. The van der Waals surface area contributed by atoms with E-state index >= 15 is 0 Å². The smallest absolute Gasteiger partial charge is 0.115 e. The van der Waals surface area contributed by atoms with Gasteiger partial charge in [-0.05, 0) is 65.1 Å². The third-order valence-electron chi connectivity index (χ3n) is 2.92. The lowest BCUT2D eigenvalue weighted by Gasteiger charge is -2.11. The quantitative estimate of drug-likeness (QED) is 0.792. The van der Waals surface area contributed by atoms with Crippen molar-refractivity contribution in [2.24, 2.45) is 0 Å². The number of hydrogen-bond acceptors (Lipinski definition) is 2. The summed E-state index contributed by atoms with van der Waals surface area (Å²) in [5.74, 6) is 0.571. The van der Waals surface area contributed by atoms with E-state index in [0.29, 0.717) is 5.92 Å². The summed E-state index contributed by atoms with van der Waals surface area (Å²) in [4.78, 5) is 8.17. The summed E-state index contributed by atoms with van der Waals surface area (Å²) in [5, 5.41) is 0. The molecular weight excluding hydrogens is 323 g/mol. The molecule has 1 aromatic carbocycles. The maximum Gasteiger partial charge on any atom is 0.115 e. The molecule has 0 amide bonds. The van der Waals surface area contributed by atoms with Crippen LogP contribution in [0.25, 0.3) is 0 Å². The topological polar surface area (TPSA) is 25.8 Å². The molecule has 1 atom stereocenters. The molecule has 88 valence electrons. The number of aryl methyl sites for hydroxylation is 1. The standard InChI is InChI=1S/C14H15IN2/c1-11(12-3-5-13(15)6-4-12)2-7-14-8-9-16-10-17-14/h3-6,8-11H,2,7H2,1H3. The molecule has 0 N–H and O–H groups in total. The zero-order chi connectivity index (χ0) is 12.1. The van der Waals surface area contributed by atoms with Gasteiger partial charge in [0.25, 0.3) is 0 Å². The average molecular weight is 338 g/mol. The molecule has 0 spiro atoms. The molecule has 17 heavy (non-hydrogen) atoms. The molecular formula is C14H15IN2. The molecule has 2 aromatic rings. The van der Waals surface area contributed by atoms with Crippen LogP contribution in [0, 0.1) is 3.57 Å². The van der Waals surface area contributed by atoms with Gasteiger partial charge in [-0.25, -0.2) is 9.97 Å². The molecule has 0 aliphatic heterocycles. The highest BCUT2D eigenvalue weighted by Crippen LogP contribution is 2.21. The van der Waals surface area contributed by atoms with E-state index in [4.69, 9.17) is 0 Å². The molecule has 3 heteroatoms. The number of halogens is 1. The molecule has 2 nitrogen and oxygen atoms in total. The van der Waals surface area contributed by atoms with Crippen molar-refractivity contribution in [1.82, 2.24) is 9.97 Å². The fourth-order valence-corrected chi connectivity index (χ4v) is 2.15. The van der Waals surface area contributed by atoms with Gasteiger partial charge >= 0.3 is 0 Å². The Hall–Kier alpha value is -0.970. The second-order valence-electron chi connectivity index (χ2n) is 4.19. The Bertz CT molecular complexity index is 453. The van der Waals surface area contributed by atoms with Crippen LogP contribution in [0.15, 0.2) is 42.9 Å². The largest absolute Gasteiger partial charge is 0.245 e. The van der Waals surface area contributed by atoms with Crippen LogP contribution in [0.3, 0.4) is 0 Å². The van der Waals surface area contributed by atoms with Gasteiger partial charge in [0, 0.05) is 15.5 Å². The van der Waals surface area contributed by atoms with Crippen LogP contribution >= 0.6 is 22.6 Å². The van der Waals surface area contributed by atoms with Gasteiger partial charge in [-0.3, -0.25) is 0 Å². The van der Waals surface area contributed by atoms with E-state index in [1.807, 2.05) is 6.07 Å². The molecule has 0 radical (unpaired) electrons. The Morgan fingerprint density at radius 1 is 1.18 bits per heavy atom. The van der Waals surface area contributed by atoms with E-state index in [9.17, 15) is 0 Å². The molecule has 0 aliphatic carbocycles. The van der Waals surface area contributed by atoms with Gasteiger partial charge in [0.05, 0.1) is 0 Å². The van der Waals surface area contributed by atoms with E-state index in [2.05, 4.69) is 63.7 Å². The number of hydrogen-bond donors (Lipinski definition) is 0. The first-order valence-corrected chi connectivity index (χ1v) is 6.84. The highest BCUT2D eigenvalue weighted by Gasteiger charge is 2.06. The number of nitrogens with zero attached hydrogens (tertiary/aromatic N) is 2. The lowest BCUT2D eigenvalue weighted by atomic mass is 9.95. The van der Waals surface area contributed by atoms with Gasteiger partial charge in [0.2, 0.25) is 0 Å². The maximum atomic E-state index is 4.25. The minimum atomic E-state index is 0.571. The van der Waals surface area contributed by atoms with Gasteiger partial charge < -0.3 is 0 Å². The molecule has 0 saturated heterocycles. The van der Waals surface area contributed by atoms with Gasteiger partial charge in [0.15, 0.2) is 0 Å². The fourth-order valence-electron chi connectivity index (χ4n) is 1.79. The first-order chi connectivity index (χ1) is 8.25. The molecule has 1 heterocycles. The normalized spacial score (nSPS) is 12.4. The number of rotatable bonds is 4. The SMILES string of the molecule is CC(CCc1ccncn1)c1ccc(I)cc1. The van der Waals surface area contributed by atoms with E-state index in [1.54, 1.807) is 12.5 Å². The first kappa shape index (κ1) is 12.5.